The number of amides is 1. The molecule has 0 aliphatic heterocycles. The van der Waals surface area contributed by atoms with E-state index in [0.29, 0.717) is 0 Å². The summed E-state index contributed by atoms with van der Waals surface area (Å²) < 4.78 is 0. The molecule has 0 saturated heterocycles. The minimum Gasteiger partial charge on any atom is -0.398 e. The van der Waals surface area contributed by atoms with Crippen LogP contribution in [0.15, 0.2) is 0 Å². The van der Waals surface area contributed by atoms with Crippen molar-refractivity contribution < 1.29 is 4.79 Å². The zero-order valence-corrected chi connectivity index (χ0v) is 9.99. The molecule has 1 rings (SSSR count). The number of nitrogen functional groups attached to an aromatic ring is 1. The van der Waals surface area contributed by atoms with Gasteiger partial charge in [0.15, 0.2) is 0 Å². The molecule has 3 heteroatoms. The molecule has 0 heterocycles. The first-order chi connectivity index (χ1) is 6.86. The van der Waals surface area contributed by atoms with Crippen LogP contribution in [0.2, 0.25) is 0 Å². The smallest absolute Gasteiger partial charge is 0.221 e. The molecule has 1 amide bonds. The van der Waals surface area contributed by atoms with Crippen molar-refractivity contribution >= 4 is 17.3 Å². The van der Waals surface area contributed by atoms with Crippen LogP contribution >= 0.6 is 0 Å². The normalized spacial score (nSPS) is 10.2. The van der Waals surface area contributed by atoms with Crippen molar-refractivity contribution in [2.24, 2.45) is 0 Å². The third-order valence-corrected chi connectivity index (χ3v) is 2.98. The summed E-state index contributed by atoms with van der Waals surface area (Å²) in [5.74, 6) is -0.0511. The van der Waals surface area contributed by atoms with Crippen LogP contribution in [-0.2, 0) is 4.79 Å². The van der Waals surface area contributed by atoms with Crippen LogP contribution in [0.1, 0.15) is 29.2 Å². The van der Waals surface area contributed by atoms with Crippen molar-refractivity contribution in [2.75, 3.05) is 11.1 Å². The second kappa shape index (κ2) is 3.93. The summed E-state index contributed by atoms with van der Waals surface area (Å²) >= 11 is 0. The van der Waals surface area contributed by atoms with E-state index in [9.17, 15) is 4.79 Å². The first kappa shape index (κ1) is 11.6. The lowest BCUT2D eigenvalue weighted by molar-refractivity contribution is -0.114. The van der Waals surface area contributed by atoms with Crippen LogP contribution in [0.4, 0.5) is 11.4 Å². The second-order valence-electron chi connectivity index (χ2n) is 3.97. The third-order valence-electron chi connectivity index (χ3n) is 2.98. The number of anilines is 2. The minimum absolute atomic E-state index is 0.0511. The van der Waals surface area contributed by atoms with E-state index >= 15 is 0 Å². The summed E-state index contributed by atoms with van der Waals surface area (Å²) in [6.07, 6.45) is 0. The van der Waals surface area contributed by atoms with Gasteiger partial charge in [-0.25, -0.2) is 0 Å². The maximum atomic E-state index is 11.1. The van der Waals surface area contributed by atoms with Crippen LogP contribution in [0.3, 0.4) is 0 Å². The van der Waals surface area contributed by atoms with Gasteiger partial charge in [0, 0.05) is 18.3 Å². The van der Waals surface area contributed by atoms with Gasteiger partial charge >= 0.3 is 0 Å². The lowest BCUT2D eigenvalue weighted by Crippen LogP contribution is -2.11. The molecule has 0 atom stereocenters. The average Bonchev–Trinajstić information content (AvgIpc) is 2.18. The van der Waals surface area contributed by atoms with Gasteiger partial charge in [-0.3, -0.25) is 4.79 Å². The number of hydrogen-bond acceptors (Lipinski definition) is 2. The molecule has 0 aliphatic rings. The largest absolute Gasteiger partial charge is 0.398 e. The van der Waals surface area contributed by atoms with Gasteiger partial charge in [0.25, 0.3) is 0 Å². The number of hydrogen-bond donors (Lipinski definition) is 2. The van der Waals surface area contributed by atoms with E-state index in [1.54, 1.807) is 0 Å². The predicted molar refractivity (Wildman–Crippen MR) is 64.1 cm³/mol. The molecule has 0 saturated carbocycles. The Bertz CT molecular complexity index is 393. The fraction of sp³-hybridized carbons (Fsp3) is 0.417. The maximum absolute atomic E-state index is 11.1. The summed E-state index contributed by atoms with van der Waals surface area (Å²) in [4.78, 5) is 11.1. The highest BCUT2D eigenvalue weighted by Crippen LogP contribution is 2.31. The van der Waals surface area contributed by atoms with E-state index in [2.05, 4.69) is 5.32 Å². The molecule has 15 heavy (non-hydrogen) atoms. The molecule has 0 radical (unpaired) electrons. The van der Waals surface area contributed by atoms with Gasteiger partial charge in [0.2, 0.25) is 5.91 Å². The molecule has 0 spiro atoms. The fourth-order valence-corrected chi connectivity index (χ4v) is 1.71. The van der Waals surface area contributed by atoms with Crippen molar-refractivity contribution in [2.45, 2.75) is 34.6 Å². The summed E-state index contributed by atoms with van der Waals surface area (Å²) in [6.45, 7) is 9.41. The molecule has 0 bridgehead atoms. The van der Waals surface area contributed by atoms with Crippen molar-refractivity contribution in [1.82, 2.24) is 0 Å². The number of carbonyl (C=O) groups excluding carboxylic acids is 1. The Balaban J connectivity index is 3.45. The Morgan fingerprint density at radius 2 is 1.40 bits per heavy atom. The number of rotatable bonds is 1. The summed E-state index contributed by atoms with van der Waals surface area (Å²) in [6, 6.07) is 0. The van der Waals surface area contributed by atoms with E-state index in [1.807, 2.05) is 27.7 Å². The molecular formula is C12H18N2O. The fourth-order valence-electron chi connectivity index (χ4n) is 1.71. The molecule has 3 nitrogen and oxygen atoms in total. The van der Waals surface area contributed by atoms with Gasteiger partial charge in [-0.1, -0.05) is 0 Å². The Morgan fingerprint density at radius 3 is 1.73 bits per heavy atom. The molecule has 0 fully saturated rings. The molecule has 1 aromatic carbocycles. The Labute approximate surface area is 90.7 Å². The van der Waals surface area contributed by atoms with Gasteiger partial charge < -0.3 is 11.1 Å². The number of benzene rings is 1. The Kier molecular flexibility index (Phi) is 3.03. The lowest BCUT2D eigenvalue weighted by Gasteiger charge is -2.18. The van der Waals surface area contributed by atoms with Crippen LogP contribution in [0.25, 0.3) is 0 Å². The monoisotopic (exact) mass is 206 g/mol. The molecule has 0 aliphatic carbocycles. The topological polar surface area (TPSA) is 55.1 Å². The highest BCUT2D eigenvalue weighted by molar-refractivity contribution is 5.92. The maximum Gasteiger partial charge on any atom is 0.221 e. The van der Waals surface area contributed by atoms with Gasteiger partial charge in [-0.2, -0.15) is 0 Å². The first-order valence-corrected chi connectivity index (χ1v) is 4.99. The van der Waals surface area contributed by atoms with Crippen molar-refractivity contribution in [3.8, 4) is 0 Å². The van der Waals surface area contributed by atoms with Crippen LogP contribution in [0, 0.1) is 27.7 Å². The highest BCUT2D eigenvalue weighted by Gasteiger charge is 2.13. The van der Waals surface area contributed by atoms with Gasteiger partial charge in [-0.15, -0.1) is 0 Å². The van der Waals surface area contributed by atoms with Gasteiger partial charge in [0.1, 0.15) is 0 Å². The van der Waals surface area contributed by atoms with E-state index in [4.69, 9.17) is 5.73 Å². The number of nitrogens with two attached hydrogens (primary N) is 1. The molecule has 3 N–H and O–H groups in total. The summed E-state index contributed by atoms with van der Waals surface area (Å²) in [5, 5.41) is 2.86. The summed E-state index contributed by atoms with van der Waals surface area (Å²) in [7, 11) is 0. The van der Waals surface area contributed by atoms with Crippen LogP contribution < -0.4 is 11.1 Å². The van der Waals surface area contributed by atoms with E-state index in [-0.39, 0.29) is 5.91 Å². The van der Waals surface area contributed by atoms with Gasteiger partial charge in [-0.05, 0) is 49.9 Å². The van der Waals surface area contributed by atoms with Crippen LogP contribution in [0.5, 0.6) is 0 Å². The zero-order chi connectivity index (χ0) is 11.7. The molecule has 0 aromatic heterocycles. The Morgan fingerprint density at radius 1 is 1.00 bits per heavy atom. The SMILES string of the molecule is CC(=O)Nc1c(C)c(C)c(N)c(C)c1C. The highest BCUT2D eigenvalue weighted by atomic mass is 16.1. The van der Waals surface area contributed by atoms with Crippen molar-refractivity contribution in [3.05, 3.63) is 22.3 Å². The van der Waals surface area contributed by atoms with E-state index in [1.165, 1.54) is 6.92 Å². The Hall–Kier alpha value is -1.51. The standard InChI is InChI=1S/C12H18N2O/c1-6-8(3)12(14-10(5)15)9(4)7(2)11(6)13/h13H2,1-5H3,(H,14,15). The molecule has 0 unspecified atom stereocenters. The quantitative estimate of drug-likeness (QED) is 0.693. The first-order valence-electron chi connectivity index (χ1n) is 4.99. The second-order valence-corrected chi connectivity index (χ2v) is 3.97. The third kappa shape index (κ3) is 1.96. The van der Waals surface area contributed by atoms with Crippen LogP contribution in [-0.4, -0.2) is 5.91 Å². The molecular weight excluding hydrogens is 188 g/mol. The van der Waals surface area contributed by atoms with E-state index < -0.39 is 0 Å². The predicted octanol–water partition coefficient (Wildman–Crippen LogP) is 2.46. The van der Waals surface area contributed by atoms with E-state index in [0.717, 1.165) is 33.6 Å². The average molecular weight is 206 g/mol. The molecule has 1 aromatic rings. The number of nitrogens with one attached hydrogen (secondary N) is 1. The lowest BCUT2D eigenvalue weighted by atomic mass is 9.96. The molecule has 82 valence electrons. The zero-order valence-electron chi connectivity index (χ0n) is 9.99. The summed E-state index contributed by atoms with van der Waals surface area (Å²) in [5.41, 5.74) is 11.9. The van der Waals surface area contributed by atoms with Crippen molar-refractivity contribution in [3.63, 3.8) is 0 Å². The van der Waals surface area contributed by atoms with Crippen molar-refractivity contribution in [1.29, 1.82) is 0 Å². The van der Waals surface area contributed by atoms with Gasteiger partial charge in [0.05, 0.1) is 0 Å². The number of carbonyl (C=O) groups is 1. The minimum atomic E-state index is -0.0511.